The van der Waals surface area contributed by atoms with Crippen molar-refractivity contribution in [2.24, 2.45) is 21.7 Å². The monoisotopic (exact) mass is 755 g/mol. The summed E-state index contributed by atoms with van der Waals surface area (Å²) in [6, 6.07) is 0. The van der Waals surface area contributed by atoms with E-state index in [9.17, 15) is 30.0 Å². The minimum absolute atomic E-state index is 0.432. The summed E-state index contributed by atoms with van der Waals surface area (Å²) in [5.74, 6) is -2.51. The summed E-state index contributed by atoms with van der Waals surface area (Å²) in [4.78, 5) is 29.1. The van der Waals surface area contributed by atoms with E-state index in [0.29, 0.717) is 25.7 Å². The SMILES string of the molecule is CCCCCCCC(C)(C)C(O)C(O)(C(=O)OC(=O)C(O)(C(O)C(C)(C)CCCCCCC)C(C)(C)CCCCCCC)C(C)(C)CCCCCCC. The molecule has 0 aliphatic carbocycles. The zero-order valence-corrected chi connectivity index (χ0v) is 37.1. The maximum atomic E-state index is 14.6. The summed E-state index contributed by atoms with van der Waals surface area (Å²) < 4.78 is 5.69. The highest BCUT2D eigenvalue weighted by atomic mass is 16.6. The van der Waals surface area contributed by atoms with Gasteiger partial charge in [0.2, 0.25) is 0 Å². The van der Waals surface area contributed by atoms with Gasteiger partial charge in [0.25, 0.3) is 0 Å². The third kappa shape index (κ3) is 15.4. The van der Waals surface area contributed by atoms with Gasteiger partial charge in [-0.05, 0) is 36.5 Å². The zero-order valence-electron chi connectivity index (χ0n) is 37.1. The molecule has 0 heterocycles. The van der Waals surface area contributed by atoms with Crippen molar-refractivity contribution in [1.82, 2.24) is 0 Å². The van der Waals surface area contributed by atoms with E-state index in [4.69, 9.17) is 4.74 Å². The van der Waals surface area contributed by atoms with E-state index >= 15 is 0 Å². The van der Waals surface area contributed by atoms with Crippen molar-refractivity contribution in [3.63, 3.8) is 0 Å². The number of carbonyl (C=O) groups excluding carboxylic acids is 2. The third-order valence-electron chi connectivity index (χ3n) is 12.8. The number of aliphatic hydroxyl groups is 4. The molecule has 7 nitrogen and oxygen atoms in total. The number of unbranched alkanes of at least 4 members (excludes halogenated alkanes) is 16. The van der Waals surface area contributed by atoms with Crippen LogP contribution in [0.15, 0.2) is 0 Å². The fourth-order valence-electron chi connectivity index (χ4n) is 8.25. The van der Waals surface area contributed by atoms with E-state index in [0.717, 1.165) is 128 Å². The molecule has 0 saturated heterocycles. The largest absolute Gasteiger partial charge is 0.389 e. The number of esters is 2. The van der Waals surface area contributed by atoms with Gasteiger partial charge in [0.1, 0.15) is 0 Å². The van der Waals surface area contributed by atoms with Crippen molar-refractivity contribution in [3.05, 3.63) is 0 Å². The van der Waals surface area contributed by atoms with Crippen LogP contribution in [0.25, 0.3) is 0 Å². The van der Waals surface area contributed by atoms with Gasteiger partial charge in [-0.15, -0.1) is 0 Å². The van der Waals surface area contributed by atoms with Crippen LogP contribution in [0.4, 0.5) is 0 Å². The van der Waals surface area contributed by atoms with Crippen LogP contribution >= 0.6 is 0 Å². The lowest BCUT2D eigenvalue weighted by Gasteiger charge is -2.50. The average molecular weight is 755 g/mol. The van der Waals surface area contributed by atoms with E-state index in [-0.39, 0.29) is 0 Å². The van der Waals surface area contributed by atoms with Crippen molar-refractivity contribution < 1.29 is 34.8 Å². The van der Waals surface area contributed by atoms with Gasteiger partial charge in [-0.1, -0.05) is 212 Å². The molecule has 0 fully saturated rings. The highest BCUT2D eigenvalue weighted by Crippen LogP contribution is 2.49. The summed E-state index contributed by atoms with van der Waals surface area (Å²) in [6.45, 7) is 23.1. The minimum Gasteiger partial charge on any atom is -0.389 e. The van der Waals surface area contributed by atoms with Crippen LogP contribution in [0.3, 0.4) is 0 Å². The average Bonchev–Trinajstić information content (AvgIpc) is 3.09. The number of ether oxygens (including phenoxy) is 1. The number of hydrogen-bond donors (Lipinski definition) is 4. The molecule has 0 amide bonds. The van der Waals surface area contributed by atoms with Gasteiger partial charge >= 0.3 is 11.9 Å². The molecule has 0 aliphatic rings. The zero-order chi connectivity index (χ0) is 41.0. The van der Waals surface area contributed by atoms with Crippen LogP contribution in [0.5, 0.6) is 0 Å². The Bertz CT molecular complexity index is 924. The molecule has 0 aliphatic heterocycles. The summed E-state index contributed by atoms with van der Waals surface area (Å²) in [6.07, 6.45) is 19.0. The first-order valence-electron chi connectivity index (χ1n) is 22.2. The van der Waals surface area contributed by atoms with Crippen LogP contribution in [-0.4, -0.2) is 55.8 Å². The first kappa shape index (κ1) is 52.0. The Morgan fingerprint density at radius 1 is 0.415 bits per heavy atom. The Hall–Kier alpha value is -1.02. The first-order valence-corrected chi connectivity index (χ1v) is 22.2. The maximum Gasteiger partial charge on any atom is 0.349 e. The summed E-state index contributed by atoms with van der Waals surface area (Å²) in [7, 11) is 0. The molecule has 0 spiro atoms. The second-order valence-electron chi connectivity index (χ2n) is 19.4. The van der Waals surface area contributed by atoms with Crippen LogP contribution in [-0.2, 0) is 14.3 Å². The molecule has 0 aromatic carbocycles. The lowest BCUT2D eigenvalue weighted by atomic mass is 9.61. The van der Waals surface area contributed by atoms with Crippen molar-refractivity contribution >= 4 is 11.9 Å². The molecular formula is C46H90O7. The van der Waals surface area contributed by atoms with Crippen molar-refractivity contribution in [3.8, 4) is 0 Å². The lowest BCUT2D eigenvalue weighted by Crippen LogP contribution is -2.67. The van der Waals surface area contributed by atoms with Crippen molar-refractivity contribution in [2.45, 2.75) is 261 Å². The van der Waals surface area contributed by atoms with Gasteiger partial charge in [-0.2, -0.15) is 0 Å². The van der Waals surface area contributed by atoms with E-state index in [1.807, 2.05) is 27.7 Å². The first-order chi connectivity index (χ1) is 24.6. The molecule has 316 valence electrons. The molecule has 0 radical (unpaired) electrons. The van der Waals surface area contributed by atoms with E-state index in [1.165, 1.54) is 0 Å². The molecule has 4 N–H and O–H groups in total. The maximum absolute atomic E-state index is 14.6. The molecular weight excluding hydrogens is 664 g/mol. The molecule has 0 aromatic rings. The molecule has 0 bridgehead atoms. The van der Waals surface area contributed by atoms with Crippen molar-refractivity contribution in [1.29, 1.82) is 0 Å². The van der Waals surface area contributed by atoms with Gasteiger partial charge in [0.05, 0.1) is 12.2 Å². The molecule has 0 aromatic heterocycles. The smallest absolute Gasteiger partial charge is 0.349 e. The second kappa shape index (κ2) is 24.6. The Kier molecular flexibility index (Phi) is 24.1. The summed E-state index contributed by atoms with van der Waals surface area (Å²) >= 11 is 0. The predicted molar refractivity (Wildman–Crippen MR) is 222 cm³/mol. The summed E-state index contributed by atoms with van der Waals surface area (Å²) in [5, 5.41) is 49.6. The van der Waals surface area contributed by atoms with Crippen LogP contribution in [0.2, 0.25) is 0 Å². The van der Waals surface area contributed by atoms with Crippen LogP contribution in [0, 0.1) is 21.7 Å². The molecule has 4 atom stereocenters. The summed E-state index contributed by atoms with van der Waals surface area (Å²) in [5.41, 5.74) is -9.00. The van der Waals surface area contributed by atoms with E-state index < -0.39 is 57.0 Å². The Balaban J connectivity index is 6.86. The molecule has 4 unspecified atom stereocenters. The number of hydrogen-bond acceptors (Lipinski definition) is 7. The van der Waals surface area contributed by atoms with Gasteiger partial charge < -0.3 is 25.2 Å². The fraction of sp³-hybridized carbons (Fsp3) is 0.957. The highest BCUT2D eigenvalue weighted by Gasteiger charge is 2.64. The molecule has 7 heteroatoms. The van der Waals surface area contributed by atoms with Crippen LogP contribution in [0.1, 0.15) is 237 Å². The van der Waals surface area contributed by atoms with Crippen molar-refractivity contribution in [2.75, 3.05) is 0 Å². The number of aliphatic hydroxyl groups excluding tert-OH is 2. The predicted octanol–water partition coefficient (Wildman–Crippen LogP) is 11.8. The number of carbonyl (C=O) groups is 2. The van der Waals surface area contributed by atoms with Gasteiger partial charge in [0.15, 0.2) is 11.2 Å². The van der Waals surface area contributed by atoms with E-state index in [1.54, 1.807) is 27.7 Å². The minimum atomic E-state index is -2.45. The second-order valence-corrected chi connectivity index (χ2v) is 19.4. The topological polar surface area (TPSA) is 124 Å². The molecule has 0 saturated carbocycles. The van der Waals surface area contributed by atoms with Crippen LogP contribution < -0.4 is 0 Å². The Morgan fingerprint density at radius 2 is 0.642 bits per heavy atom. The van der Waals surface area contributed by atoms with Gasteiger partial charge in [-0.25, -0.2) is 9.59 Å². The van der Waals surface area contributed by atoms with E-state index in [2.05, 4.69) is 27.7 Å². The standard InChI is InChI=1S/C46H90O7/c1-13-17-21-25-29-33-41(5,6)37(47)45(51,43(9,10)35-31-27-23-19-15-3)39(49)53-40(50)46(52,44(11,12)36-32-28-24-20-16-4)38(48)42(7,8)34-30-26-22-18-14-2/h37-38,47-48,51-52H,13-36H2,1-12H3. The van der Waals surface area contributed by atoms with Gasteiger partial charge in [-0.3, -0.25) is 0 Å². The normalized spacial score (nSPS) is 16.5. The Morgan fingerprint density at radius 3 is 0.887 bits per heavy atom. The fourth-order valence-corrected chi connectivity index (χ4v) is 8.25. The molecule has 0 rings (SSSR count). The highest BCUT2D eigenvalue weighted by molar-refractivity contribution is 5.95. The van der Waals surface area contributed by atoms with Gasteiger partial charge in [0, 0.05) is 10.8 Å². The number of rotatable bonds is 32. The molecule has 53 heavy (non-hydrogen) atoms. The third-order valence-corrected chi connectivity index (χ3v) is 12.8. The quantitative estimate of drug-likeness (QED) is 0.0306. The lowest BCUT2D eigenvalue weighted by molar-refractivity contribution is -0.234. The Labute approximate surface area is 328 Å².